The van der Waals surface area contributed by atoms with Gasteiger partial charge in [-0.05, 0) is 42.2 Å². The maximum atomic E-state index is 11.4. The summed E-state index contributed by atoms with van der Waals surface area (Å²) >= 11 is 0. The number of methoxy groups -OCH3 is 2. The molecule has 0 saturated carbocycles. The first-order valence-electron chi connectivity index (χ1n) is 9.50. The lowest BCUT2D eigenvalue weighted by molar-refractivity contribution is 0.112. The summed E-state index contributed by atoms with van der Waals surface area (Å²) in [7, 11) is 3.19. The number of ether oxygens (including phenoxy) is 4. The third kappa shape index (κ3) is 5.18. The Labute approximate surface area is 167 Å². The van der Waals surface area contributed by atoms with Gasteiger partial charge in [0, 0.05) is 11.1 Å². The van der Waals surface area contributed by atoms with E-state index in [4.69, 9.17) is 18.9 Å². The second kappa shape index (κ2) is 9.49. The fraction of sp³-hybridized carbons (Fsp3) is 0.435. The van der Waals surface area contributed by atoms with Crippen LogP contribution in [0.25, 0.3) is 0 Å². The maximum Gasteiger partial charge on any atom is 0.204 e. The minimum atomic E-state index is -0.167. The van der Waals surface area contributed by atoms with Crippen LogP contribution in [0.15, 0.2) is 30.3 Å². The zero-order valence-corrected chi connectivity index (χ0v) is 17.6. The third-order valence-electron chi connectivity index (χ3n) is 4.36. The molecule has 5 heteroatoms. The first-order valence-corrected chi connectivity index (χ1v) is 9.50. The van der Waals surface area contributed by atoms with Gasteiger partial charge in [-0.2, -0.15) is 0 Å². The van der Waals surface area contributed by atoms with Gasteiger partial charge in [0.2, 0.25) is 5.75 Å². The zero-order chi connectivity index (χ0) is 20.7. The van der Waals surface area contributed by atoms with E-state index in [0.29, 0.717) is 35.2 Å². The average Bonchev–Trinajstić information content (AvgIpc) is 2.68. The van der Waals surface area contributed by atoms with Gasteiger partial charge in [-0.15, -0.1) is 0 Å². The molecule has 0 spiro atoms. The Balaban J connectivity index is 2.53. The van der Waals surface area contributed by atoms with Crippen molar-refractivity contribution in [2.24, 2.45) is 0 Å². The number of hydrogen-bond acceptors (Lipinski definition) is 5. The first kappa shape index (κ1) is 21.6. The summed E-state index contributed by atoms with van der Waals surface area (Å²) < 4.78 is 23.0. The fourth-order valence-corrected chi connectivity index (χ4v) is 2.78. The minimum Gasteiger partial charge on any atom is -0.497 e. The second-order valence-electron chi connectivity index (χ2n) is 7.58. The van der Waals surface area contributed by atoms with E-state index in [0.717, 1.165) is 30.4 Å². The van der Waals surface area contributed by atoms with Crippen molar-refractivity contribution in [3.63, 3.8) is 0 Å². The summed E-state index contributed by atoms with van der Waals surface area (Å²) in [6, 6.07) is 9.01. The Kier molecular flexibility index (Phi) is 7.32. The number of unbranched alkanes of at least 4 members (excludes halogenated alkanes) is 1. The second-order valence-corrected chi connectivity index (χ2v) is 7.58. The van der Waals surface area contributed by atoms with E-state index in [-0.39, 0.29) is 5.41 Å². The van der Waals surface area contributed by atoms with Crippen LogP contribution in [0, 0.1) is 0 Å². The van der Waals surface area contributed by atoms with Crippen LogP contribution in [-0.2, 0) is 5.41 Å². The molecule has 2 aromatic rings. The number of carbonyl (C=O) groups excluding carboxylic acids is 1. The molecule has 0 aliphatic carbocycles. The Bertz CT molecular complexity index is 805. The van der Waals surface area contributed by atoms with Crippen LogP contribution < -0.4 is 18.9 Å². The average molecular weight is 386 g/mol. The molecule has 0 amide bonds. The van der Waals surface area contributed by atoms with Crippen molar-refractivity contribution in [3.05, 3.63) is 41.5 Å². The molecule has 0 unspecified atom stereocenters. The van der Waals surface area contributed by atoms with Crippen molar-refractivity contribution in [1.29, 1.82) is 0 Å². The number of hydrogen-bond donors (Lipinski definition) is 0. The third-order valence-corrected chi connectivity index (χ3v) is 4.36. The van der Waals surface area contributed by atoms with E-state index in [9.17, 15) is 4.79 Å². The number of rotatable bonds is 9. The van der Waals surface area contributed by atoms with Gasteiger partial charge in [0.1, 0.15) is 17.8 Å². The van der Waals surface area contributed by atoms with Gasteiger partial charge < -0.3 is 18.9 Å². The highest BCUT2D eigenvalue weighted by atomic mass is 16.5. The molecule has 0 aromatic heterocycles. The lowest BCUT2D eigenvalue weighted by Crippen LogP contribution is -2.13. The highest BCUT2D eigenvalue weighted by molar-refractivity contribution is 5.78. The largest absolute Gasteiger partial charge is 0.497 e. The summed E-state index contributed by atoms with van der Waals surface area (Å²) in [5.74, 6) is 2.86. The van der Waals surface area contributed by atoms with Gasteiger partial charge in [0.25, 0.3) is 0 Å². The Morgan fingerprint density at radius 1 is 0.964 bits per heavy atom. The predicted molar refractivity (Wildman–Crippen MR) is 111 cm³/mol. The van der Waals surface area contributed by atoms with Gasteiger partial charge >= 0.3 is 0 Å². The topological polar surface area (TPSA) is 54.0 Å². The molecular weight excluding hydrogens is 356 g/mol. The SMILES string of the molecule is CCCCOc1c(OC)cc(C=O)cc1Oc1ccc(OC)cc1C(C)(C)C. The minimum absolute atomic E-state index is 0.167. The highest BCUT2D eigenvalue weighted by Gasteiger charge is 2.23. The van der Waals surface area contributed by atoms with Crippen molar-refractivity contribution in [3.8, 4) is 28.7 Å². The summed E-state index contributed by atoms with van der Waals surface area (Å²) in [6.45, 7) is 8.96. The van der Waals surface area contributed by atoms with Gasteiger partial charge in [-0.25, -0.2) is 0 Å². The Morgan fingerprint density at radius 2 is 1.68 bits per heavy atom. The molecule has 0 atom stereocenters. The van der Waals surface area contributed by atoms with E-state index in [1.54, 1.807) is 26.4 Å². The van der Waals surface area contributed by atoms with Crippen LogP contribution in [-0.4, -0.2) is 27.1 Å². The molecule has 0 heterocycles. The van der Waals surface area contributed by atoms with Crippen LogP contribution in [0.5, 0.6) is 28.7 Å². The van der Waals surface area contributed by atoms with Crippen molar-refractivity contribution in [1.82, 2.24) is 0 Å². The van der Waals surface area contributed by atoms with E-state index in [1.165, 1.54) is 0 Å². The van der Waals surface area contributed by atoms with Crippen LogP contribution in [0.1, 0.15) is 56.5 Å². The molecule has 0 radical (unpaired) electrons. The first-order chi connectivity index (χ1) is 13.3. The van der Waals surface area contributed by atoms with Crippen LogP contribution in [0.4, 0.5) is 0 Å². The maximum absolute atomic E-state index is 11.4. The summed E-state index contributed by atoms with van der Waals surface area (Å²) in [5, 5.41) is 0. The molecule has 2 rings (SSSR count). The van der Waals surface area contributed by atoms with E-state index in [1.807, 2.05) is 18.2 Å². The van der Waals surface area contributed by atoms with Crippen LogP contribution in [0.2, 0.25) is 0 Å². The Hall–Kier alpha value is -2.69. The Morgan fingerprint density at radius 3 is 2.25 bits per heavy atom. The molecular formula is C23H30O5. The predicted octanol–water partition coefficient (Wildman–Crippen LogP) is 5.79. The van der Waals surface area contributed by atoms with Crippen LogP contribution >= 0.6 is 0 Å². The van der Waals surface area contributed by atoms with Crippen molar-refractivity contribution >= 4 is 6.29 Å². The molecule has 2 aromatic carbocycles. The molecule has 5 nitrogen and oxygen atoms in total. The summed E-state index contributed by atoms with van der Waals surface area (Å²) in [4.78, 5) is 11.4. The van der Waals surface area contributed by atoms with Gasteiger partial charge in [0.15, 0.2) is 11.5 Å². The molecule has 152 valence electrons. The number of benzene rings is 2. The molecule has 0 aliphatic rings. The fourth-order valence-electron chi connectivity index (χ4n) is 2.78. The number of carbonyl (C=O) groups is 1. The highest BCUT2D eigenvalue weighted by Crippen LogP contribution is 2.43. The lowest BCUT2D eigenvalue weighted by Gasteiger charge is -2.24. The summed E-state index contributed by atoms with van der Waals surface area (Å²) in [5.41, 5.74) is 1.28. The molecule has 0 N–H and O–H groups in total. The quantitative estimate of drug-likeness (QED) is 0.403. The normalized spacial score (nSPS) is 11.1. The van der Waals surface area contributed by atoms with Gasteiger partial charge in [0.05, 0.1) is 20.8 Å². The standard InChI is InChI=1S/C23H30O5/c1-7-8-11-27-22-20(26-6)12-16(15-24)13-21(22)28-19-10-9-17(25-5)14-18(19)23(2,3)4/h9-10,12-15H,7-8,11H2,1-6H3. The smallest absolute Gasteiger partial charge is 0.204 e. The molecule has 0 aliphatic heterocycles. The van der Waals surface area contributed by atoms with E-state index in [2.05, 4.69) is 27.7 Å². The monoisotopic (exact) mass is 386 g/mol. The van der Waals surface area contributed by atoms with E-state index >= 15 is 0 Å². The molecule has 28 heavy (non-hydrogen) atoms. The molecule has 0 fully saturated rings. The summed E-state index contributed by atoms with van der Waals surface area (Å²) in [6.07, 6.45) is 2.69. The van der Waals surface area contributed by atoms with Crippen molar-refractivity contribution < 1.29 is 23.7 Å². The molecule has 0 saturated heterocycles. The van der Waals surface area contributed by atoms with Crippen LogP contribution in [0.3, 0.4) is 0 Å². The van der Waals surface area contributed by atoms with Crippen molar-refractivity contribution in [2.45, 2.75) is 46.0 Å². The zero-order valence-electron chi connectivity index (χ0n) is 17.6. The number of aldehydes is 1. The lowest BCUT2D eigenvalue weighted by atomic mass is 9.86. The van der Waals surface area contributed by atoms with E-state index < -0.39 is 0 Å². The molecule has 0 bridgehead atoms. The van der Waals surface area contributed by atoms with Gasteiger partial charge in [-0.1, -0.05) is 34.1 Å². The van der Waals surface area contributed by atoms with Gasteiger partial charge in [-0.3, -0.25) is 4.79 Å². The van der Waals surface area contributed by atoms with Crippen molar-refractivity contribution in [2.75, 3.05) is 20.8 Å².